The molecule has 1 aliphatic rings. The first kappa shape index (κ1) is 25.1. The highest BCUT2D eigenvalue weighted by atomic mass is 16.5. The van der Waals surface area contributed by atoms with Crippen molar-refractivity contribution in [1.82, 2.24) is 0 Å². The number of benzene rings is 4. The molecular weight excluding hydrogens is 476 g/mol. The van der Waals surface area contributed by atoms with Gasteiger partial charge in [-0.2, -0.15) is 0 Å². The fraction of sp³-hybridized carbons (Fsp3) is 0.188. The molecule has 6 nitrogen and oxygen atoms in total. The SMILES string of the molecule is CCc1ccc(NC(=O)C2c3ccccc3C(=O)N(c3ccc(OC)cc3)C2c2ccc(OC)cc2)cc1. The van der Waals surface area contributed by atoms with Gasteiger partial charge in [-0.1, -0.05) is 49.4 Å². The summed E-state index contributed by atoms with van der Waals surface area (Å²) >= 11 is 0. The number of aryl methyl sites for hydroxylation is 1. The van der Waals surface area contributed by atoms with E-state index >= 15 is 0 Å². The number of amides is 2. The van der Waals surface area contributed by atoms with E-state index in [2.05, 4.69) is 12.2 Å². The molecule has 0 saturated heterocycles. The number of anilines is 2. The van der Waals surface area contributed by atoms with Crippen molar-refractivity contribution < 1.29 is 19.1 Å². The molecule has 0 spiro atoms. The molecule has 5 rings (SSSR count). The van der Waals surface area contributed by atoms with E-state index in [0.29, 0.717) is 34.0 Å². The van der Waals surface area contributed by atoms with Gasteiger partial charge in [0.15, 0.2) is 0 Å². The van der Waals surface area contributed by atoms with Gasteiger partial charge in [0.05, 0.1) is 26.2 Å². The Morgan fingerprint density at radius 1 is 0.816 bits per heavy atom. The summed E-state index contributed by atoms with van der Waals surface area (Å²) in [6.07, 6.45) is 0.919. The summed E-state index contributed by atoms with van der Waals surface area (Å²) in [7, 11) is 3.21. The molecule has 0 radical (unpaired) electrons. The highest BCUT2D eigenvalue weighted by Gasteiger charge is 2.45. The molecule has 4 aromatic carbocycles. The third-order valence-electron chi connectivity index (χ3n) is 7.06. The van der Waals surface area contributed by atoms with Crippen LogP contribution in [-0.2, 0) is 11.2 Å². The zero-order valence-electron chi connectivity index (χ0n) is 21.7. The summed E-state index contributed by atoms with van der Waals surface area (Å²) in [5.74, 6) is 0.371. The van der Waals surface area contributed by atoms with Crippen molar-refractivity contribution in [2.75, 3.05) is 24.4 Å². The summed E-state index contributed by atoms with van der Waals surface area (Å²) in [4.78, 5) is 29.8. The van der Waals surface area contributed by atoms with Crippen LogP contribution >= 0.6 is 0 Å². The van der Waals surface area contributed by atoms with Gasteiger partial charge in [0.25, 0.3) is 5.91 Å². The Bertz CT molecular complexity index is 1430. The lowest BCUT2D eigenvalue weighted by Crippen LogP contribution is -2.46. The molecule has 1 aliphatic heterocycles. The van der Waals surface area contributed by atoms with Crippen molar-refractivity contribution >= 4 is 23.2 Å². The van der Waals surface area contributed by atoms with Crippen LogP contribution in [0.3, 0.4) is 0 Å². The van der Waals surface area contributed by atoms with E-state index in [1.54, 1.807) is 25.2 Å². The first-order valence-corrected chi connectivity index (χ1v) is 12.6. The number of fused-ring (bicyclic) bond motifs is 1. The van der Waals surface area contributed by atoms with E-state index in [-0.39, 0.29) is 11.8 Å². The van der Waals surface area contributed by atoms with Crippen LogP contribution in [0.15, 0.2) is 97.1 Å². The van der Waals surface area contributed by atoms with Gasteiger partial charge >= 0.3 is 0 Å². The van der Waals surface area contributed by atoms with Crippen LogP contribution in [0, 0.1) is 0 Å². The number of nitrogens with one attached hydrogen (secondary N) is 1. The van der Waals surface area contributed by atoms with Crippen molar-refractivity contribution in [2.24, 2.45) is 0 Å². The minimum Gasteiger partial charge on any atom is -0.497 e. The van der Waals surface area contributed by atoms with Gasteiger partial charge < -0.3 is 14.8 Å². The van der Waals surface area contributed by atoms with Crippen LogP contribution in [0.5, 0.6) is 11.5 Å². The second-order valence-electron chi connectivity index (χ2n) is 9.20. The maximum absolute atomic E-state index is 14.1. The van der Waals surface area contributed by atoms with Crippen LogP contribution < -0.4 is 19.7 Å². The third kappa shape index (κ3) is 4.73. The first-order chi connectivity index (χ1) is 18.5. The van der Waals surface area contributed by atoms with Gasteiger partial charge in [-0.15, -0.1) is 0 Å². The molecule has 2 atom stereocenters. The van der Waals surface area contributed by atoms with E-state index in [1.165, 1.54) is 5.56 Å². The van der Waals surface area contributed by atoms with Crippen LogP contribution in [0.2, 0.25) is 0 Å². The number of nitrogens with zero attached hydrogens (tertiary/aromatic N) is 1. The fourth-order valence-electron chi connectivity index (χ4n) is 5.03. The van der Waals surface area contributed by atoms with Crippen LogP contribution in [0.4, 0.5) is 11.4 Å². The quantitative estimate of drug-likeness (QED) is 0.315. The molecule has 0 bridgehead atoms. The molecule has 0 saturated carbocycles. The van der Waals surface area contributed by atoms with Crippen molar-refractivity contribution in [3.05, 3.63) is 119 Å². The van der Waals surface area contributed by atoms with E-state index < -0.39 is 12.0 Å². The van der Waals surface area contributed by atoms with Crippen LogP contribution in [-0.4, -0.2) is 26.0 Å². The summed E-state index contributed by atoms with van der Waals surface area (Å²) < 4.78 is 10.7. The number of hydrogen-bond acceptors (Lipinski definition) is 4. The van der Waals surface area contributed by atoms with Gasteiger partial charge in [-0.3, -0.25) is 14.5 Å². The molecular formula is C32H30N2O4. The zero-order valence-corrected chi connectivity index (χ0v) is 21.7. The number of rotatable bonds is 7. The van der Waals surface area contributed by atoms with E-state index in [4.69, 9.17) is 9.47 Å². The van der Waals surface area contributed by atoms with E-state index in [1.807, 2.05) is 91.0 Å². The van der Waals surface area contributed by atoms with Crippen molar-refractivity contribution in [3.63, 3.8) is 0 Å². The van der Waals surface area contributed by atoms with Gasteiger partial charge in [-0.25, -0.2) is 0 Å². The lowest BCUT2D eigenvalue weighted by atomic mass is 9.78. The molecule has 4 aromatic rings. The van der Waals surface area contributed by atoms with Crippen molar-refractivity contribution in [3.8, 4) is 11.5 Å². The first-order valence-electron chi connectivity index (χ1n) is 12.6. The molecule has 38 heavy (non-hydrogen) atoms. The Balaban J connectivity index is 1.65. The number of ether oxygens (including phenoxy) is 2. The summed E-state index contributed by atoms with van der Waals surface area (Å²) in [6, 6.07) is 29.5. The average Bonchev–Trinajstić information content (AvgIpc) is 2.97. The lowest BCUT2D eigenvalue weighted by Gasteiger charge is -2.42. The predicted molar refractivity (Wildman–Crippen MR) is 149 cm³/mol. The van der Waals surface area contributed by atoms with Crippen LogP contribution in [0.25, 0.3) is 0 Å². The summed E-state index contributed by atoms with van der Waals surface area (Å²) in [5.41, 5.74) is 4.62. The molecule has 192 valence electrons. The second kappa shape index (κ2) is 10.8. The van der Waals surface area contributed by atoms with Gasteiger partial charge in [-0.05, 0) is 77.7 Å². The third-order valence-corrected chi connectivity index (χ3v) is 7.06. The maximum atomic E-state index is 14.1. The van der Waals surface area contributed by atoms with Gasteiger partial charge in [0.2, 0.25) is 5.91 Å². The molecule has 2 unspecified atom stereocenters. The molecule has 0 fully saturated rings. The number of hydrogen-bond donors (Lipinski definition) is 1. The smallest absolute Gasteiger partial charge is 0.259 e. The van der Waals surface area contributed by atoms with Gasteiger partial charge in [0, 0.05) is 16.9 Å². The standard InChI is InChI=1S/C32H30N2O4/c1-4-21-9-13-23(14-10-21)33-31(35)29-27-7-5-6-8-28(27)32(36)34(24-15-19-26(38-3)20-16-24)30(29)22-11-17-25(37-2)18-12-22/h5-20,29-30H,4H2,1-3H3,(H,33,35). The molecule has 2 amide bonds. The Hall–Kier alpha value is -4.58. The zero-order chi connectivity index (χ0) is 26.6. The van der Waals surface area contributed by atoms with Crippen LogP contribution in [0.1, 0.15) is 45.9 Å². The highest BCUT2D eigenvalue weighted by molar-refractivity contribution is 6.12. The molecule has 0 aliphatic carbocycles. The topological polar surface area (TPSA) is 67.9 Å². The molecule has 0 aromatic heterocycles. The Labute approximate surface area is 222 Å². The normalized spacial score (nSPS) is 16.5. The monoisotopic (exact) mass is 506 g/mol. The predicted octanol–water partition coefficient (Wildman–Crippen LogP) is 6.39. The Morgan fingerprint density at radius 2 is 1.42 bits per heavy atom. The molecule has 1 N–H and O–H groups in total. The average molecular weight is 507 g/mol. The number of carbonyl (C=O) groups excluding carboxylic acids is 2. The second-order valence-corrected chi connectivity index (χ2v) is 9.20. The number of carbonyl (C=O) groups is 2. The fourth-order valence-corrected chi connectivity index (χ4v) is 5.03. The maximum Gasteiger partial charge on any atom is 0.259 e. The number of methoxy groups -OCH3 is 2. The molecule has 6 heteroatoms. The van der Waals surface area contributed by atoms with Gasteiger partial charge in [0.1, 0.15) is 11.5 Å². The lowest BCUT2D eigenvalue weighted by molar-refractivity contribution is -0.118. The molecule has 1 heterocycles. The Morgan fingerprint density at radius 3 is 2.03 bits per heavy atom. The Kier molecular flexibility index (Phi) is 7.13. The van der Waals surface area contributed by atoms with E-state index in [0.717, 1.165) is 12.0 Å². The summed E-state index contributed by atoms with van der Waals surface area (Å²) in [6.45, 7) is 2.09. The van der Waals surface area contributed by atoms with Crippen molar-refractivity contribution in [1.29, 1.82) is 0 Å². The van der Waals surface area contributed by atoms with E-state index in [9.17, 15) is 9.59 Å². The minimum atomic E-state index is -0.662. The summed E-state index contributed by atoms with van der Waals surface area (Å²) in [5, 5.41) is 3.11. The van der Waals surface area contributed by atoms with Crippen molar-refractivity contribution in [2.45, 2.75) is 25.3 Å². The minimum absolute atomic E-state index is 0.164. The highest BCUT2D eigenvalue weighted by Crippen LogP contribution is 2.46. The largest absolute Gasteiger partial charge is 0.497 e.